The molecule has 2 aromatic carbocycles. The van der Waals surface area contributed by atoms with Crippen LogP contribution in [0.3, 0.4) is 0 Å². The number of amides is 2. The zero-order chi connectivity index (χ0) is 27.2. The first-order valence-corrected chi connectivity index (χ1v) is 14.5. The fourth-order valence-electron chi connectivity index (χ4n) is 3.79. The van der Waals surface area contributed by atoms with E-state index in [1.807, 2.05) is 39.8 Å². The molecule has 198 valence electrons. The number of halogens is 2. The Morgan fingerprint density at radius 2 is 1.53 bits per heavy atom. The first kappa shape index (κ1) is 29.9. The third-order valence-electron chi connectivity index (χ3n) is 5.73. The molecule has 0 fully saturated rings. The van der Waals surface area contributed by atoms with Crippen LogP contribution in [-0.4, -0.2) is 50.0 Å². The summed E-state index contributed by atoms with van der Waals surface area (Å²) in [5.41, 5.74) is 1.90. The number of rotatable bonds is 11. The van der Waals surface area contributed by atoms with E-state index in [0.29, 0.717) is 27.7 Å². The van der Waals surface area contributed by atoms with Gasteiger partial charge in [0.1, 0.15) is 12.6 Å². The summed E-state index contributed by atoms with van der Waals surface area (Å²) in [4.78, 5) is 28.1. The van der Waals surface area contributed by atoms with E-state index in [1.165, 1.54) is 4.90 Å². The molecular weight excluding hydrogens is 521 g/mol. The summed E-state index contributed by atoms with van der Waals surface area (Å²) in [7, 11) is -3.81. The van der Waals surface area contributed by atoms with Crippen molar-refractivity contribution in [2.75, 3.05) is 17.1 Å². The molecule has 0 saturated heterocycles. The molecule has 0 aliphatic rings. The Balaban J connectivity index is 2.49. The summed E-state index contributed by atoms with van der Waals surface area (Å²) in [5.74, 6) is -0.612. The molecule has 0 spiro atoms. The van der Waals surface area contributed by atoms with Crippen molar-refractivity contribution in [1.82, 2.24) is 10.2 Å². The molecule has 0 aliphatic heterocycles. The zero-order valence-corrected chi connectivity index (χ0v) is 23.9. The average molecular weight is 557 g/mol. The maximum atomic E-state index is 13.7. The van der Waals surface area contributed by atoms with Crippen LogP contribution >= 0.6 is 23.2 Å². The highest BCUT2D eigenvalue weighted by atomic mass is 35.5. The van der Waals surface area contributed by atoms with Crippen LogP contribution in [0.5, 0.6) is 0 Å². The van der Waals surface area contributed by atoms with Crippen molar-refractivity contribution >= 4 is 50.7 Å². The van der Waals surface area contributed by atoms with Crippen molar-refractivity contribution in [3.63, 3.8) is 0 Å². The monoisotopic (exact) mass is 555 g/mol. The fourth-order valence-corrected chi connectivity index (χ4v) is 5.16. The highest BCUT2D eigenvalue weighted by Gasteiger charge is 2.32. The SMILES string of the molecule is CC[C@@H](C(=O)NC(C)C)N(Cc1c(Cl)cccc1Cl)C(=O)CN(c1ccc(C(C)C)cc1)S(C)(=O)=O. The second-order valence-electron chi connectivity index (χ2n) is 9.33. The first-order valence-electron chi connectivity index (χ1n) is 11.9. The van der Waals surface area contributed by atoms with E-state index >= 15 is 0 Å². The Hall–Kier alpha value is -2.29. The van der Waals surface area contributed by atoms with Gasteiger partial charge >= 0.3 is 0 Å². The lowest BCUT2D eigenvalue weighted by Gasteiger charge is -2.33. The van der Waals surface area contributed by atoms with E-state index in [9.17, 15) is 18.0 Å². The van der Waals surface area contributed by atoms with Crippen LogP contribution in [0.1, 0.15) is 58.1 Å². The summed E-state index contributed by atoms with van der Waals surface area (Å²) in [6.07, 6.45) is 1.36. The highest BCUT2D eigenvalue weighted by molar-refractivity contribution is 7.92. The van der Waals surface area contributed by atoms with Crippen molar-refractivity contribution in [3.05, 3.63) is 63.6 Å². The van der Waals surface area contributed by atoms with Crippen LogP contribution < -0.4 is 9.62 Å². The molecule has 0 aliphatic carbocycles. The Labute approximate surface area is 224 Å². The number of hydrogen-bond donors (Lipinski definition) is 1. The third-order valence-corrected chi connectivity index (χ3v) is 7.58. The van der Waals surface area contributed by atoms with E-state index in [0.717, 1.165) is 16.1 Å². The van der Waals surface area contributed by atoms with Gasteiger partial charge in [0.15, 0.2) is 0 Å². The van der Waals surface area contributed by atoms with Crippen molar-refractivity contribution in [2.45, 2.75) is 65.6 Å². The van der Waals surface area contributed by atoms with E-state index in [2.05, 4.69) is 5.32 Å². The minimum absolute atomic E-state index is 0.0503. The average Bonchev–Trinajstić information content (AvgIpc) is 2.77. The third kappa shape index (κ3) is 7.85. The minimum atomic E-state index is -3.81. The maximum Gasteiger partial charge on any atom is 0.244 e. The largest absolute Gasteiger partial charge is 0.352 e. The van der Waals surface area contributed by atoms with E-state index < -0.39 is 28.5 Å². The molecule has 1 N–H and O–H groups in total. The number of nitrogens with zero attached hydrogens (tertiary/aromatic N) is 2. The fraction of sp³-hybridized carbons (Fsp3) is 0.462. The summed E-state index contributed by atoms with van der Waals surface area (Å²) < 4.78 is 26.5. The van der Waals surface area contributed by atoms with Crippen molar-refractivity contribution in [3.8, 4) is 0 Å². The van der Waals surface area contributed by atoms with Gasteiger partial charge < -0.3 is 10.2 Å². The van der Waals surface area contributed by atoms with Gasteiger partial charge in [-0.1, -0.05) is 62.2 Å². The van der Waals surface area contributed by atoms with Crippen molar-refractivity contribution in [1.29, 1.82) is 0 Å². The molecule has 36 heavy (non-hydrogen) atoms. The van der Waals surface area contributed by atoms with Crippen LogP contribution in [0.4, 0.5) is 5.69 Å². The Morgan fingerprint density at radius 1 is 0.972 bits per heavy atom. The quantitative estimate of drug-likeness (QED) is 0.412. The molecule has 7 nitrogen and oxygen atoms in total. The molecule has 10 heteroatoms. The van der Waals surface area contributed by atoms with E-state index in [4.69, 9.17) is 23.2 Å². The van der Waals surface area contributed by atoms with Gasteiger partial charge in [0.2, 0.25) is 21.8 Å². The summed E-state index contributed by atoms with van der Waals surface area (Å²) in [5, 5.41) is 3.55. The predicted molar refractivity (Wildman–Crippen MR) is 147 cm³/mol. The second kappa shape index (κ2) is 12.8. The molecule has 1 atom stereocenters. The molecular formula is C26H35Cl2N3O4S. The summed E-state index contributed by atoms with van der Waals surface area (Å²) in [6.45, 7) is 8.99. The van der Waals surface area contributed by atoms with Crippen LogP contribution in [0.2, 0.25) is 10.0 Å². The summed E-state index contributed by atoms with van der Waals surface area (Å²) >= 11 is 12.8. The number of sulfonamides is 1. The molecule has 2 rings (SSSR count). The van der Waals surface area contributed by atoms with Crippen LogP contribution in [0, 0.1) is 0 Å². The number of benzene rings is 2. The lowest BCUT2D eigenvalue weighted by molar-refractivity contribution is -0.140. The van der Waals surface area contributed by atoms with Gasteiger partial charge in [0, 0.05) is 28.2 Å². The second-order valence-corrected chi connectivity index (χ2v) is 12.0. The standard InChI is InChI=1S/C26H35Cl2N3O4S/c1-7-24(26(33)29-18(4)5)30(15-21-22(27)9-8-10-23(21)28)25(32)16-31(36(6,34)35)20-13-11-19(12-14-20)17(2)3/h8-14,17-18,24H,7,15-16H2,1-6H3,(H,29,33)/t24-/m0/s1. The molecule has 0 heterocycles. The highest BCUT2D eigenvalue weighted by Crippen LogP contribution is 2.28. The van der Waals surface area contributed by atoms with Gasteiger partial charge in [-0.3, -0.25) is 13.9 Å². The number of hydrogen-bond acceptors (Lipinski definition) is 4. The normalized spacial score (nSPS) is 12.5. The number of anilines is 1. The van der Waals surface area contributed by atoms with Gasteiger partial charge in [-0.2, -0.15) is 0 Å². The summed E-state index contributed by atoms with van der Waals surface area (Å²) in [6, 6.07) is 11.1. The van der Waals surface area contributed by atoms with Gasteiger partial charge in [-0.05, 0) is 56.0 Å². The number of carbonyl (C=O) groups excluding carboxylic acids is 2. The molecule has 0 aromatic heterocycles. The number of nitrogens with one attached hydrogen (secondary N) is 1. The first-order chi connectivity index (χ1) is 16.8. The Morgan fingerprint density at radius 3 is 1.97 bits per heavy atom. The van der Waals surface area contributed by atoms with E-state index in [-0.39, 0.29) is 24.4 Å². The predicted octanol–water partition coefficient (Wildman–Crippen LogP) is 5.21. The van der Waals surface area contributed by atoms with Crippen LogP contribution in [-0.2, 0) is 26.2 Å². The topological polar surface area (TPSA) is 86.8 Å². The molecule has 2 amide bonds. The van der Waals surface area contributed by atoms with Crippen molar-refractivity contribution < 1.29 is 18.0 Å². The lowest BCUT2D eigenvalue weighted by atomic mass is 10.0. The Bertz CT molecular complexity index is 1150. The van der Waals surface area contributed by atoms with Gasteiger partial charge in [0.05, 0.1) is 11.9 Å². The molecule has 0 unspecified atom stereocenters. The van der Waals surface area contributed by atoms with Gasteiger partial charge in [-0.15, -0.1) is 0 Å². The van der Waals surface area contributed by atoms with Crippen molar-refractivity contribution in [2.24, 2.45) is 0 Å². The molecule has 0 radical (unpaired) electrons. The molecule has 0 bridgehead atoms. The smallest absolute Gasteiger partial charge is 0.244 e. The lowest BCUT2D eigenvalue weighted by Crippen LogP contribution is -2.53. The maximum absolute atomic E-state index is 13.7. The van der Waals surface area contributed by atoms with E-state index in [1.54, 1.807) is 37.3 Å². The van der Waals surface area contributed by atoms with Crippen LogP contribution in [0.15, 0.2) is 42.5 Å². The number of carbonyl (C=O) groups is 2. The molecule has 2 aromatic rings. The van der Waals surface area contributed by atoms with Gasteiger partial charge in [-0.25, -0.2) is 8.42 Å². The molecule has 0 saturated carbocycles. The van der Waals surface area contributed by atoms with Crippen LogP contribution in [0.25, 0.3) is 0 Å². The van der Waals surface area contributed by atoms with Gasteiger partial charge in [0.25, 0.3) is 0 Å². The Kier molecular flexibility index (Phi) is 10.6. The minimum Gasteiger partial charge on any atom is -0.352 e. The zero-order valence-electron chi connectivity index (χ0n) is 21.6.